The number of hydrogen-bond donors (Lipinski definition) is 0. The van der Waals surface area contributed by atoms with Gasteiger partial charge < -0.3 is 23.8 Å². The molecule has 9 heteroatoms. The fourth-order valence-corrected chi connectivity index (χ4v) is 4.89. The van der Waals surface area contributed by atoms with Gasteiger partial charge in [-0.2, -0.15) is 0 Å². The summed E-state index contributed by atoms with van der Waals surface area (Å²) < 4.78 is 22.4. The van der Waals surface area contributed by atoms with Gasteiger partial charge in [-0.15, -0.1) is 0 Å². The van der Waals surface area contributed by atoms with Crippen LogP contribution in [0.2, 0.25) is 0 Å². The number of morpholine rings is 1. The van der Waals surface area contributed by atoms with Crippen LogP contribution >= 0.6 is 0 Å². The number of anilines is 1. The van der Waals surface area contributed by atoms with E-state index in [0.717, 1.165) is 36.8 Å². The number of aromatic nitrogens is 1. The summed E-state index contributed by atoms with van der Waals surface area (Å²) in [6.45, 7) is 1.79. The van der Waals surface area contributed by atoms with E-state index in [9.17, 15) is 9.59 Å². The molecular formula is C26H29N3O6. The number of nitrogens with zero attached hydrogens (tertiary/aromatic N) is 3. The second kappa shape index (κ2) is 9.79. The van der Waals surface area contributed by atoms with Crippen LogP contribution in [-0.2, 0) is 32.0 Å². The monoisotopic (exact) mass is 479 g/mol. The number of methoxy groups -OCH3 is 2. The number of carbonyl (C=O) groups is 1. The van der Waals surface area contributed by atoms with Crippen LogP contribution in [0.15, 0.2) is 42.1 Å². The van der Waals surface area contributed by atoms with E-state index in [1.165, 1.54) is 0 Å². The second-order valence-corrected chi connectivity index (χ2v) is 9.11. The van der Waals surface area contributed by atoms with Gasteiger partial charge in [0.05, 0.1) is 18.8 Å². The first-order valence-electron chi connectivity index (χ1n) is 11.8. The molecule has 3 aliphatic rings. The number of carbonyl (C=O) groups excluding carboxylic acids is 2. The third-order valence-electron chi connectivity index (χ3n) is 6.88. The van der Waals surface area contributed by atoms with Crippen molar-refractivity contribution in [3.63, 3.8) is 0 Å². The molecule has 1 saturated carbocycles. The summed E-state index contributed by atoms with van der Waals surface area (Å²) in [7, 11) is 3.10. The molecule has 1 amide bonds. The molecule has 0 radical (unpaired) electrons. The van der Waals surface area contributed by atoms with Gasteiger partial charge in [-0.3, -0.25) is 4.90 Å². The van der Waals surface area contributed by atoms with Gasteiger partial charge in [-0.05, 0) is 55.0 Å². The van der Waals surface area contributed by atoms with E-state index < -0.39 is 12.4 Å². The maximum atomic E-state index is 13.1. The fourth-order valence-electron chi connectivity index (χ4n) is 4.89. The number of para-hydroxylation sites is 1. The minimum atomic E-state index is -0.732. The Morgan fingerprint density at radius 3 is 2.69 bits per heavy atom. The molecule has 5 rings (SSSR count). The lowest BCUT2D eigenvalue weighted by Crippen LogP contribution is -2.46. The van der Waals surface area contributed by atoms with Crippen molar-refractivity contribution in [2.45, 2.75) is 44.1 Å². The first-order chi connectivity index (χ1) is 17.1. The van der Waals surface area contributed by atoms with E-state index in [1.807, 2.05) is 18.2 Å². The van der Waals surface area contributed by atoms with Crippen LogP contribution in [-0.4, -0.2) is 61.4 Å². The molecule has 1 aromatic carbocycles. The lowest BCUT2D eigenvalue weighted by Gasteiger charge is -2.39. The van der Waals surface area contributed by atoms with Crippen LogP contribution in [0.5, 0.6) is 5.75 Å². The molecule has 2 aliphatic heterocycles. The van der Waals surface area contributed by atoms with Crippen molar-refractivity contribution in [2.24, 2.45) is 0 Å². The molecule has 1 spiro atoms. The van der Waals surface area contributed by atoms with Gasteiger partial charge in [0, 0.05) is 27.3 Å². The maximum Gasteiger partial charge on any atom is 0.420 e. The van der Waals surface area contributed by atoms with E-state index in [4.69, 9.17) is 23.9 Å². The summed E-state index contributed by atoms with van der Waals surface area (Å²) in [6.07, 6.45) is 2.28. The van der Waals surface area contributed by atoms with Crippen LogP contribution < -0.4 is 9.64 Å². The van der Waals surface area contributed by atoms with Gasteiger partial charge >= 0.3 is 6.09 Å². The van der Waals surface area contributed by atoms with Crippen molar-refractivity contribution < 1.29 is 28.5 Å². The largest absolute Gasteiger partial charge is 0.420 e. The molecule has 2 aromatic rings. The number of pyridine rings is 1. The maximum absolute atomic E-state index is 13.1. The summed E-state index contributed by atoms with van der Waals surface area (Å²) in [4.78, 5) is 33.3. The van der Waals surface area contributed by atoms with E-state index in [0.29, 0.717) is 42.7 Å². The molecule has 0 N–H and O–H groups in total. The zero-order chi connectivity index (χ0) is 24.4. The minimum absolute atomic E-state index is 0.167. The summed E-state index contributed by atoms with van der Waals surface area (Å²) in [6, 6.07) is 11.0. The van der Waals surface area contributed by atoms with Crippen molar-refractivity contribution in [1.29, 1.82) is 0 Å². The average Bonchev–Trinajstić information content (AvgIpc) is 3.66. The molecule has 35 heavy (non-hydrogen) atoms. The number of fused-ring (bicyclic) bond motifs is 1. The highest BCUT2D eigenvalue weighted by atomic mass is 16.7. The van der Waals surface area contributed by atoms with Gasteiger partial charge in [0.1, 0.15) is 28.9 Å². The predicted molar refractivity (Wildman–Crippen MR) is 127 cm³/mol. The van der Waals surface area contributed by atoms with Crippen molar-refractivity contribution in [2.75, 3.05) is 38.9 Å². The van der Waals surface area contributed by atoms with Gasteiger partial charge in [0.15, 0.2) is 0 Å². The van der Waals surface area contributed by atoms with Gasteiger partial charge in [-0.25, -0.2) is 14.6 Å². The SMILES string of the molecule is COC(OC)c1nc2c(cc1CN1C(=C=O)COCC13CC3)CCCN2C(=O)Oc1ccccc1. The number of amides is 1. The Bertz CT molecular complexity index is 1140. The Kier molecular flexibility index (Phi) is 6.58. The number of ether oxygens (including phenoxy) is 4. The fraction of sp³-hybridized carbons (Fsp3) is 0.462. The van der Waals surface area contributed by atoms with Crippen molar-refractivity contribution in [3.8, 4) is 5.75 Å². The molecule has 0 unspecified atom stereocenters. The number of rotatable bonds is 6. The van der Waals surface area contributed by atoms with E-state index in [2.05, 4.69) is 16.9 Å². The molecule has 3 heterocycles. The van der Waals surface area contributed by atoms with Crippen LogP contribution in [0.4, 0.5) is 10.6 Å². The highest BCUT2D eigenvalue weighted by Crippen LogP contribution is 2.47. The number of hydrogen-bond acceptors (Lipinski definition) is 8. The van der Waals surface area contributed by atoms with E-state index in [-0.39, 0.29) is 12.1 Å². The second-order valence-electron chi connectivity index (χ2n) is 9.11. The predicted octanol–water partition coefficient (Wildman–Crippen LogP) is 3.40. The van der Waals surface area contributed by atoms with Crippen LogP contribution in [0.3, 0.4) is 0 Å². The highest BCUT2D eigenvalue weighted by Gasteiger charge is 2.52. The molecule has 0 atom stereocenters. The van der Waals surface area contributed by atoms with Crippen LogP contribution in [0.1, 0.15) is 42.4 Å². The molecule has 9 nitrogen and oxygen atoms in total. The summed E-state index contributed by atoms with van der Waals surface area (Å²) in [5.41, 5.74) is 2.74. The minimum Gasteiger partial charge on any atom is -0.410 e. The Labute approximate surface area is 204 Å². The third kappa shape index (κ3) is 4.56. The molecule has 1 aliphatic carbocycles. The zero-order valence-corrected chi connectivity index (χ0v) is 20.0. The lowest BCUT2D eigenvalue weighted by molar-refractivity contribution is -0.109. The molecule has 184 valence electrons. The molecule has 1 saturated heterocycles. The molecule has 2 fully saturated rings. The highest BCUT2D eigenvalue weighted by molar-refractivity contribution is 5.89. The Morgan fingerprint density at radius 1 is 1.23 bits per heavy atom. The third-order valence-corrected chi connectivity index (χ3v) is 6.88. The van der Waals surface area contributed by atoms with Gasteiger partial charge in [0.25, 0.3) is 0 Å². The van der Waals surface area contributed by atoms with E-state index in [1.54, 1.807) is 31.3 Å². The number of benzene rings is 1. The Balaban J connectivity index is 1.51. The van der Waals surface area contributed by atoms with Gasteiger partial charge in [-0.1, -0.05) is 18.2 Å². The van der Waals surface area contributed by atoms with E-state index >= 15 is 0 Å². The Morgan fingerprint density at radius 2 is 2.00 bits per heavy atom. The number of aryl methyl sites for hydroxylation is 1. The zero-order valence-electron chi connectivity index (χ0n) is 20.0. The topological polar surface area (TPSA) is 90.4 Å². The lowest BCUT2D eigenvalue weighted by atomic mass is 10.0. The quantitative estimate of drug-likeness (QED) is 0.460. The van der Waals surface area contributed by atoms with Crippen LogP contribution in [0.25, 0.3) is 0 Å². The summed E-state index contributed by atoms with van der Waals surface area (Å²) in [5, 5.41) is 0. The van der Waals surface area contributed by atoms with Crippen LogP contribution in [0, 0.1) is 0 Å². The van der Waals surface area contributed by atoms with Crippen molar-refractivity contribution in [3.05, 3.63) is 58.9 Å². The smallest absolute Gasteiger partial charge is 0.410 e. The summed E-state index contributed by atoms with van der Waals surface area (Å²) in [5.74, 6) is 3.09. The first-order valence-corrected chi connectivity index (χ1v) is 11.8. The van der Waals surface area contributed by atoms with Gasteiger partial charge in [0.2, 0.25) is 6.29 Å². The molecular weight excluding hydrogens is 450 g/mol. The van der Waals surface area contributed by atoms with Crippen molar-refractivity contribution in [1.82, 2.24) is 9.88 Å². The molecule has 0 bridgehead atoms. The van der Waals surface area contributed by atoms with Crippen molar-refractivity contribution >= 4 is 17.9 Å². The average molecular weight is 480 g/mol. The Hall–Kier alpha value is -3.23. The standard InChI is InChI=1S/C26H29N3O6/c1-32-24(33-2)22-19(14-29-20(15-30)16-34-17-26(29)10-11-26)13-18-7-6-12-28(23(18)27-22)25(31)35-21-8-4-3-5-9-21/h3-5,8-9,13,24H,6-7,10-12,14,16-17H2,1-2H3. The first kappa shape index (κ1) is 23.5. The summed E-state index contributed by atoms with van der Waals surface area (Å²) >= 11 is 0. The molecule has 1 aromatic heterocycles. The normalized spacial score (nSPS) is 18.4.